The number of carbonyl (C=O) groups excluding carboxylic acids is 1. The fourth-order valence-electron chi connectivity index (χ4n) is 3.72. The standard InChI is InChI=1S/C20H35N5O3/c1-13(2)10-24(16(26)12-23-9-7-6-8-15(23)5)17-18(21)25(11-14(3)4)20(28)22-19(17)27/h13-15H,6-12,21H2,1-5H3,(H,22,27,28)/t15-/m0/s1. The number of amides is 1. The van der Waals surface area contributed by atoms with Crippen LogP contribution in [0, 0.1) is 11.8 Å². The zero-order chi connectivity index (χ0) is 21.0. The number of rotatable bonds is 7. The smallest absolute Gasteiger partial charge is 0.330 e. The Morgan fingerprint density at radius 3 is 2.46 bits per heavy atom. The number of carbonyl (C=O) groups is 1. The van der Waals surface area contributed by atoms with Crippen LogP contribution in [0.1, 0.15) is 53.9 Å². The zero-order valence-corrected chi connectivity index (χ0v) is 17.8. The summed E-state index contributed by atoms with van der Waals surface area (Å²) in [5.41, 5.74) is 5.18. The van der Waals surface area contributed by atoms with Gasteiger partial charge in [-0.3, -0.25) is 24.0 Å². The number of H-pyrrole nitrogens is 1. The van der Waals surface area contributed by atoms with Crippen molar-refractivity contribution in [2.45, 2.75) is 66.5 Å². The van der Waals surface area contributed by atoms with Crippen LogP contribution in [0.25, 0.3) is 0 Å². The Morgan fingerprint density at radius 1 is 1.21 bits per heavy atom. The Hall–Kier alpha value is -2.09. The summed E-state index contributed by atoms with van der Waals surface area (Å²) >= 11 is 0. The van der Waals surface area contributed by atoms with Crippen molar-refractivity contribution in [2.75, 3.05) is 30.3 Å². The fourth-order valence-corrected chi connectivity index (χ4v) is 3.72. The van der Waals surface area contributed by atoms with Gasteiger partial charge in [-0.25, -0.2) is 4.79 Å². The van der Waals surface area contributed by atoms with Gasteiger partial charge in [0.15, 0.2) is 5.69 Å². The number of anilines is 2. The molecule has 1 aliphatic rings. The molecule has 0 unspecified atom stereocenters. The molecule has 1 aromatic heterocycles. The lowest BCUT2D eigenvalue weighted by atomic mass is 10.0. The van der Waals surface area contributed by atoms with Crippen LogP contribution >= 0.6 is 0 Å². The molecule has 0 bridgehead atoms. The van der Waals surface area contributed by atoms with E-state index < -0.39 is 11.2 Å². The van der Waals surface area contributed by atoms with E-state index in [2.05, 4.69) is 16.8 Å². The SMILES string of the molecule is CC(C)CN(C(=O)CN1CCCC[C@@H]1C)c1c(N)n(CC(C)C)c(=O)[nH]c1=O. The Morgan fingerprint density at radius 2 is 1.89 bits per heavy atom. The lowest BCUT2D eigenvalue weighted by molar-refractivity contribution is -0.120. The molecule has 8 nitrogen and oxygen atoms in total. The number of aromatic nitrogens is 2. The third-order valence-corrected chi connectivity index (χ3v) is 5.16. The molecule has 8 heteroatoms. The maximum atomic E-state index is 13.2. The van der Waals surface area contributed by atoms with Crippen LogP contribution in [0.15, 0.2) is 9.59 Å². The highest BCUT2D eigenvalue weighted by molar-refractivity contribution is 5.96. The molecule has 0 radical (unpaired) electrons. The maximum Gasteiger partial charge on any atom is 0.330 e. The molecule has 2 rings (SSSR count). The van der Waals surface area contributed by atoms with E-state index in [0.717, 1.165) is 19.4 Å². The van der Waals surface area contributed by atoms with E-state index in [1.54, 1.807) is 0 Å². The van der Waals surface area contributed by atoms with Gasteiger partial charge in [0.05, 0.1) is 6.54 Å². The van der Waals surface area contributed by atoms with Crippen molar-refractivity contribution >= 4 is 17.4 Å². The molecule has 0 aromatic carbocycles. The second-order valence-electron chi connectivity index (χ2n) is 8.71. The molecule has 1 aliphatic heterocycles. The molecule has 0 saturated carbocycles. The number of piperidine rings is 1. The van der Waals surface area contributed by atoms with Gasteiger partial charge in [-0.05, 0) is 38.1 Å². The first-order chi connectivity index (χ1) is 13.1. The summed E-state index contributed by atoms with van der Waals surface area (Å²) in [5.74, 6) is 0.215. The molecule has 28 heavy (non-hydrogen) atoms. The minimum absolute atomic E-state index is 0.0585. The van der Waals surface area contributed by atoms with Gasteiger partial charge in [0.2, 0.25) is 5.91 Å². The normalized spacial score (nSPS) is 18.0. The third kappa shape index (κ3) is 5.25. The van der Waals surface area contributed by atoms with E-state index in [1.807, 2.05) is 27.7 Å². The Bertz CT molecular complexity index is 796. The van der Waals surface area contributed by atoms with Gasteiger partial charge < -0.3 is 10.6 Å². The van der Waals surface area contributed by atoms with Crippen molar-refractivity contribution in [1.29, 1.82) is 0 Å². The molecule has 1 saturated heterocycles. The number of likely N-dealkylation sites (tertiary alicyclic amines) is 1. The minimum atomic E-state index is -0.608. The molecule has 158 valence electrons. The number of nitrogens with zero attached hydrogens (tertiary/aromatic N) is 3. The van der Waals surface area contributed by atoms with E-state index in [-0.39, 0.29) is 35.8 Å². The van der Waals surface area contributed by atoms with Gasteiger partial charge in [0.1, 0.15) is 5.82 Å². The topological polar surface area (TPSA) is 104 Å². The molecule has 1 amide bonds. The van der Waals surface area contributed by atoms with Crippen LogP contribution in [0.3, 0.4) is 0 Å². The summed E-state index contributed by atoms with van der Waals surface area (Å²) in [4.78, 5) is 44.0. The number of aromatic amines is 1. The van der Waals surface area contributed by atoms with Crippen LogP contribution in [-0.4, -0.2) is 46.0 Å². The first-order valence-electron chi connectivity index (χ1n) is 10.3. The van der Waals surface area contributed by atoms with Crippen molar-refractivity contribution in [3.8, 4) is 0 Å². The van der Waals surface area contributed by atoms with Crippen molar-refractivity contribution in [1.82, 2.24) is 14.5 Å². The summed E-state index contributed by atoms with van der Waals surface area (Å²) in [6.07, 6.45) is 3.32. The number of nitrogens with two attached hydrogens (primary N) is 1. The number of hydrogen-bond donors (Lipinski definition) is 2. The Kier molecular flexibility index (Phi) is 7.46. The monoisotopic (exact) mass is 393 g/mol. The van der Waals surface area contributed by atoms with Crippen molar-refractivity contribution in [3.05, 3.63) is 20.8 Å². The molecule has 0 spiro atoms. The average molecular weight is 394 g/mol. The van der Waals surface area contributed by atoms with Crippen LogP contribution in [-0.2, 0) is 11.3 Å². The second kappa shape index (κ2) is 9.41. The molecular weight excluding hydrogens is 358 g/mol. The van der Waals surface area contributed by atoms with Crippen molar-refractivity contribution in [3.63, 3.8) is 0 Å². The van der Waals surface area contributed by atoms with Crippen LogP contribution < -0.4 is 21.9 Å². The van der Waals surface area contributed by atoms with Crippen molar-refractivity contribution in [2.24, 2.45) is 11.8 Å². The van der Waals surface area contributed by atoms with E-state index >= 15 is 0 Å². The molecule has 2 heterocycles. The lowest BCUT2D eigenvalue weighted by Crippen LogP contribution is -2.49. The molecular formula is C20H35N5O3. The largest absolute Gasteiger partial charge is 0.383 e. The molecule has 3 N–H and O–H groups in total. The predicted molar refractivity (Wildman–Crippen MR) is 113 cm³/mol. The van der Waals surface area contributed by atoms with E-state index in [4.69, 9.17) is 5.73 Å². The van der Waals surface area contributed by atoms with Crippen LogP contribution in [0.2, 0.25) is 0 Å². The highest BCUT2D eigenvalue weighted by Gasteiger charge is 2.28. The van der Waals surface area contributed by atoms with Gasteiger partial charge in [-0.2, -0.15) is 0 Å². The summed E-state index contributed by atoms with van der Waals surface area (Å²) in [5, 5.41) is 0. The van der Waals surface area contributed by atoms with Gasteiger partial charge in [0.25, 0.3) is 5.56 Å². The molecule has 1 atom stereocenters. The van der Waals surface area contributed by atoms with Gasteiger partial charge in [0, 0.05) is 19.1 Å². The highest BCUT2D eigenvalue weighted by atomic mass is 16.2. The summed E-state index contributed by atoms with van der Waals surface area (Å²) in [6, 6.07) is 0.337. The molecule has 1 fully saturated rings. The maximum absolute atomic E-state index is 13.2. The summed E-state index contributed by atoms with van der Waals surface area (Å²) < 4.78 is 1.35. The summed E-state index contributed by atoms with van der Waals surface area (Å²) in [6.45, 7) is 11.9. The quantitative estimate of drug-likeness (QED) is 0.733. The van der Waals surface area contributed by atoms with Crippen molar-refractivity contribution < 1.29 is 4.79 Å². The Labute approximate surface area is 166 Å². The molecule has 0 aliphatic carbocycles. The number of nitrogens with one attached hydrogen (secondary N) is 1. The number of hydrogen-bond acceptors (Lipinski definition) is 5. The van der Waals surface area contributed by atoms with E-state index in [9.17, 15) is 14.4 Å². The van der Waals surface area contributed by atoms with Gasteiger partial charge >= 0.3 is 5.69 Å². The van der Waals surface area contributed by atoms with E-state index in [0.29, 0.717) is 19.1 Å². The van der Waals surface area contributed by atoms with Crippen LogP contribution in [0.5, 0.6) is 0 Å². The second-order valence-corrected chi connectivity index (χ2v) is 8.71. The molecule has 1 aromatic rings. The summed E-state index contributed by atoms with van der Waals surface area (Å²) in [7, 11) is 0. The first kappa shape index (κ1) is 22.2. The fraction of sp³-hybridized carbons (Fsp3) is 0.750. The number of nitrogen functional groups attached to an aromatic ring is 1. The average Bonchev–Trinajstić information content (AvgIpc) is 2.59. The predicted octanol–water partition coefficient (Wildman–Crippen LogP) is 1.64. The Balaban J connectivity index is 2.43. The highest BCUT2D eigenvalue weighted by Crippen LogP contribution is 2.21. The first-order valence-corrected chi connectivity index (χ1v) is 10.3. The van der Waals surface area contributed by atoms with Crippen LogP contribution in [0.4, 0.5) is 11.5 Å². The third-order valence-electron chi connectivity index (χ3n) is 5.16. The van der Waals surface area contributed by atoms with E-state index in [1.165, 1.54) is 15.9 Å². The lowest BCUT2D eigenvalue weighted by Gasteiger charge is -2.35. The zero-order valence-electron chi connectivity index (χ0n) is 17.8. The van der Waals surface area contributed by atoms with Gasteiger partial charge in [-0.1, -0.05) is 34.1 Å². The van der Waals surface area contributed by atoms with Gasteiger partial charge in [-0.15, -0.1) is 0 Å². The minimum Gasteiger partial charge on any atom is -0.383 e.